The van der Waals surface area contributed by atoms with Crippen LogP contribution in [0.4, 0.5) is 5.69 Å². The fourth-order valence-corrected chi connectivity index (χ4v) is 4.42. The van der Waals surface area contributed by atoms with Crippen LogP contribution in [0.25, 0.3) is 0 Å². The number of aromatic nitrogens is 2. The summed E-state index contributed by atoms with van der Waals surface area (Å²) in [5.41, 5.74) is 3.43. The average Bonchev–Trinajstić information content (AvgIpc) is 3.40. The third-order valence-electron chi connectivity index (χ3n) is 6.33. The van der Waals surface area contributed by atoms with E-state index in [-0.39, 0.29) is 17.4 Å². The quantitative estimate of drug-likeness (QED) is 0.817. The number of hydrogen-bond donors (Lipinski definition) is 0. The highest BCUT2D eigenvalue weighted by molar-refractivity contribution is 5.80. The molecule has 2 aromatic rings. The normalized spacial score (nSPS) is 21.6. The van der Waals surface area contributed by atoms with E-state index in [1.54, 1.807) is 16.9 Å². The smallest absolute Gasteiger partial charge is 0.268 e. The van der Waals surface area contributed by atoms with Crippen LogP contribution in [0.3, 0.4) is 0 Å². The van der Waals surface area contributed by atoms with Crippen LogP contribution in [0, 0.1) is 11.8 Å². The number of amides is 1. The fourth-order valence-electron chi connectivity index (χ4n) is 4.42. The molecule has 1 saturated heterocycles. The summed E-state index contributed by atoms with van der Waals surface area (Å²) >= 11 is 0. The van der Waals surface area contributed by atoms with Gasteiger partial charge in [0, 0.05) is 38.8 Å². The number of carbonyl (C=O) groups is 1. The van der Waals surface area contributed by atoms with Crippen LogP contribution >= 0.6 is 0 Å². The van der Waals surface area contributed by atoms with E-state index in [2.05, 4.69) is 28.2 Å². The van der Waals surface area contributed by atoms with Crippen molar-refractivity contribution < 1.29 is 4.79 Å². The first-order valence-electron chi connectivity index (χ1n) is 10.3. The van der Waals surface area contributed by atoms with Gasteiger partial charge in [0.1, 0.15) is 0 Å². The van der Waals surface area contributed by atoms with Gasteiger partial charge in [-0.05, 0) is 42.7 Å². The number of fused-ring (bicyclic) bond motifs is 1. The van der Waals surface area contributed by atoms with Gasteiger partial charge in [-0.25, -0.2) is 4.68 Å². The first-order chi connectivity index (χ1) is 13.7. The molecule has 146 valence electrons. The zero-order valence-electron chi connectivity index (χ0n) is 16.1. The zero-order chi connectivity index (χ0) is 19.1. The average molecular weight is 378 g/mol. The predicted molar refractivity (Wildman–Crippen MR) is 107 cm³/mol. The number of carbonyl (C=O) groups excluding carboxylic acids is 1. The van der Waals surface area contributed by atoms with Crippen molar-refractivity contribution in [1.82, 2.24) is 14.7 Å². The lowest BCUT2D eigenvalue weighted by molar-refractivity contribution is -0.135. The van der Waals surface area contributed by atoms with Crippen molar-refractivity contribution in [2.75, 3.05) is 24.5 Å². The summed E-state index contributed by atoms with van der Waals surface area (Å²) in [6.07, 6.45) is 5.96. The van der Waals surface area contributed by atoms with Gasteiger partial charge < -0.3 is 9.80 Å². The number of hydrogen-bond acceptors (Lipinski definition) is 4. The molecular formula is C22H26N4O2. The molecule has 2 fully saturated rings. The topological polar surface area (TPSA) is 58.4 Å². The van der Waals surface area contributed by atoms with E-state index in [1.807, 2.05) is 11.0 Å². The van der Waals surface area contributed by atoms with Gasteiger partial charge in [0.25, 0.3) is 5.56 Å². The van der Waals surface area contributed by atoms with Crippen molar-refractivity contribution in [1.29, 1.82) is 0 Å². The Morgan fingerprint density at radius 1 is 1.11 bits per heavy atom. The second-order valence-corrected chi connectivity index (χ2v) is 8.39. The molecule has 0 N–H and O–H groups in total. The fraction of sp³-hybridized carbons (Fsp3) is 0.500. The van der Waals surface area contributed by atoms with E-state index in [1.165, 1.54) is 24.0 Å². The Labute approximate surface area is 164 Å². The number of benzene rings is 1. The molecule has 1 aromatic carbocycles. The molecule has 6 heteroatoms. The molecule has 0 bridgehead atoms. The Kier molecular flexibility index (Phi) is 4.41. The Hall–Kier alpha value is -2.63. The summed E-state index contributed by atoms with van der Waals surface area (Å²) in [6.45, 7) is 3.71. The monoisotopic (exact) mass is 378 g/mol. The Morgan fingerprint density at radius 2 is 1.93 bits per heavy atom. The van der Waals surface area contributed by atoms with E-state index >= 15 is 0 Å². The molecule has 1 unspecified atom stereocenters. The van der Waals surface area contributed by atoms with Gasteiger partial charge in [-0.15, -0.1) is 0 Å². The van der Waals surface area contributed by atoms with Crippen molar-refractivity contribution in [3.8, 4) is 0 Å². The highest BCUT2D eigenvalue weighted by Crippen LogP contribution is 2.30. The predicted octanol–water partition coefficient (Wildman–Crippen LogP) is 2.06. The summed E-state index contributed by atoms with van der Waals surface area (Å²) in [7, 11) is 0. The third kappa shape index (κ3) is 3.43. The maximum Gasteiger partial charge on any atom is 0.268 e. The lowest BCUT2D eigenvalue weighted by Gasteiger charge is -2.31. The van der Waals surface area contributed by atoms with Crippen molar-refractivity contribution in [3.63, 3.8) is 0 Å². The summed E-state index contributed by atoms with van der Waals surface area (Å²) in [4.78, 5) is 29.5. The summed E-state index contributed by atoms with van der Waals surface area (Å²) in [5.74, 6) is 0.866. The van der Waals surface area contributed by atoms with Crippen LogP contribution in [0.2, 0.25) is 0 Å². The molecule has 1 aliphatic carbocycles. The van der Waals surface area contributed by atoms with Gasteiger partial charge in [-0.3, -0.25) is 9.59 Å². The van der Waals surface area contributed by atoms with Gasteiger partial charge in [-0.2, -0.15) is 5.10 Å². The lowest BCUT2D eigenvalue weighted by atomic mass is 9.98. The molecule has 0 spiro atoms. The maximum atomic E-state index is 13.1. The van der Waals surface area contributed by atoms with Crippen LogP contribution in [-0.2, 0) is 24.3 Å². The minimum Gasteiger partial charge on any atom is -0.369 e. The Balaban J connectivity index is 1.24. The molecule has 1 saturated carbocycles. The molecule has 3 aliphatic rings. The molecule has 0 radical (unpaired) electrons. The Bertz CT molecular complexity index is 950. The summed E-state index contributed by atoms with van der Waals surface area (Å²) in [5, 5.41) is 4.35. The second kappa shape index (κ2) is 7.08. The molecule has 3 heterocycles. The molecule has 28 heavy (non-hydrogen) atoms. The van der Waals surface area contributed by atoms with E-state index < -0.39 is 0 Å². The summed E-state index contributed by atoms with van der Waals surface area (Å²) < 4.78 is 1.57. The van der Waals surface area contributed by atoms with Crippen molar-refractivity contribution >= 4 is 11.6 Å². The van der Waals surface area contributed by atoms with Crippen LogP contribution in [0.15, 0.2) is 41.3 Å². The van der Waals surface area contributed by atoms with Gasteiger partial charge >= 0.3 is 0 Å². The van der Waals surface area contributed by atoms with Crippen molar-refractivity contribution in [2.45, 2.75) is 38.8 Å². The number of rotatable bonds is 4. The van der Waals surface area contributed by atoms with E-state index in [0.29, 0.717) is 19.0 Å². The van der Waals surface area contributed by atoms with Gasteiger partial charge in [0.05, 0.1) is 17.8 Å². The number of anilines is 1. The minimum atomic E-state index is -0.0354. The second-order valence-electron chi connectivity index (χ2n) is 8.39. The van der Waals surface area contributed by atoms with E-state index in [4.69, 9.17) is 0 Å². The first kappa shape index (κ1) is 17.5. The molecule has 2 aliphatic heterocycles. The molecule has 1 amide bonds. The van der Waals surface area contributed by atoms with Crippen molar-refractivity contribution in [2.24, 2.45) is 11.8 Å². The number of nitrogens with zero attached hydrogens (tertiary/aromatic N) is 4. The maximum absolute atomic E-state index is 13.1. The zero-order valence-corrected chi connectivity index (χ0v) is 16.1. The largest absolute Gasteiger partial charge is 0.369 e. The van der Waals surface area contributed by atoms with Crippen LogP contribution < -0.4 is 10.5 Å². The van der Waals surface area contributed by atoms with Crippen LogP contribution in [0.1, 0.15) is 30.4 Å². The molecule has 1 aromatic heterocycles. The summed E-state index contributed by atoms with van der Waals surface area (Å²) in [6, 6.07) is 10.1. The standard InChI is InChI=1S/C22H26N4O2/c27-21-11-20(12-23-26(21)13-16-5-6-16)24-9-8-19(15-24)22(28)25-10-7-17-3-1-2-4-18(17)14-25/h1-4,11-12,16,19H,5-10,13-15H2. The Morgan fingerprint density at radius 3 is 2.71 bits per heavy atom. The molecule has 6 nitrogen and oxygen atoms in total. The van der Waals surface area contributed by atoms with E-state index in [0.717, 1.165) is 38.2 Å². The third-order valence-corrected chi connectivity index (χ3v) is 6.33. The first-order valence-corrected chi connectivity index (χ1v) is 10.3. The highest BCUT2D eigenvalue weighted by atomic mass is 16.2. The molecular weight excluding hydrogens is 352 g/mol. The van der Waals surface area contributed by atoms with Crippen LogP contribution in [-0.4, -0.2) is 40.2 Å². The van der Waals surface area contributed by atoms with Gasteiger partial charge in [0.2, 0.25) is 5.91 Å². The molecule has 1 atom stereocenters. The van der Waals surface area contributed by atoms with Crippen molar-refractivity contribution in [3.05, 3.63) is 58.0 Å². The molecule has 5 rings (SSSR count). The highest BCUT2D eigenvalue weighted by Gasteiger charge is 2.33. The van der Waals surface area contributed by atoms with Crippen LogP contribution in [0.5, 0.6) is 0 Å². The minimum absolute atomic E-state index is 0.000780. The van der Waals surface area contributed by atoms with Gasteiger partial charge in [0.15, 0.2) is 0 Å². The van der Waals surface area contributed by atoms with E-state index in [9.17, 15) is 9.59 Å². The lowest BCUT2D eigenvalue weighted by Crippen LogP contribution is -2.40. The SMILES string of the molecule is O=C(C1CCN(c2cnn(CC3CC3)c(=O)c2)C1)N1CCc2ccccc2C1. The van der Waals surface area contributed by atoms with Gasteiger partial charge in [-0.1, -0.05) is 24.3 Å².